The van der Waals surface area contributed by atoms with Crippen LogP contribution in [0.5, 0.6) is 0 Å². The molecule has 21 heavy (non-hydrogen) atoms. The SMILES string of the molecule is COC(=O)C1C(C)=NC2=C(C(=O)CCC2)[C@H]1c1cccs1. The minimum absolute atomic E-state index is 0.125. The summed E-state index contributed by atoms with van der Waals surface area (Å²) in [4.78, 5) is 30.2. The third kappa shape index (κ3) is 2.35. The molecule has 1 unspecified atom stereocenters. The molecule has 0 spiro atoms. The van der Waals surface area contributed by atoms with Crippen molar-refractivity contribution >= 4 is 28.8 Å². The van der Waals surface area contributed by atoms with E-state index >= 15 is 0 Å². The lowest BCUT2D eigenvalue weighted by Gasteiger charge is -2.33. The van der Waals surface area contributed by atoms with Gasteiger partial charge in [0.1, 0.15) is 5.92 Å². The lowest BCUT2D eigenvalue weighted by Crippen LogP contribution is -2.36. The third-order valence-electron chi connectivity index (χ3n) is 4.14. The first-order chi connectivity index (χ1) is 10.1. The van der Waals surface area contributed by atoms with Crippen LogP contribution in [0.3, 0.4) is 0 Å². The van der Waals surface area contributed by atoms with Crippen LogP contribution in [-0.4, -0.2) is 24.6 Å². The van der Waals surface area contributed by atoms with Gasteiger partial charge in [-0.25, -0.2) is 0 Å². The number of rotatable bonds is 2. The van der Waals surface area contributed by atoms with Gasteiger partial charge in [0, 0.05) is 34.2 Å². The van der Waals surface area contributed by atoms with Crippen LogP contribution in [0.15, 0.2) is 33.8 Å². The lowest BCUT2D eigenvalue weighted by atomic mass is 9.74. The molecule has 0 saturated heterocycles. The van der Waals surface area contributed by atoms with Crippen molar-refractivity contribution in [1.82, 2.24) is 0 Å². The quantitative estimate of drug-likeness (QED) is 0.789. The predicted molar refractivity (Wildman–Crippen MR) is 81.6 cm³/mol. The Bertz CT molecular complexity index is 642. The van der Waals surface area contributed by atoms with Gasteiger partial charge in [0.15, 0.2) is 5.78 Å². The van der Waals surface area contributed by atoms with Gasteiger partial charge in [0.25, 0.3) is 0 Å². The van der Waals surface area contributed by atoms with Crippen LogP contribution in [0.4, 0.5) is 0 Å². The number of hydrogen-bond donors (Lipinski definition) is 0. The van der Waals surface area contributed by atoms with Gasteiger partial charge in [-0.05, 0) is 31.2 Å². The largest absolute Gasteiger partial charge is 0.468 e. The number of esters is 1. The highest BCUT2D eigenvalue weighted by Gasteiger charge is 2.43. The number of ketones is 1. The van der Waals surface area contributed by atoms with Crippen molar-refractivity contribution in [3.05, 3.63) is 33.7 Å². The van der Waals surface area contributed by atoms with Crippen LogP contribution in [0.2, 0.25) is 0 Å². The van der Waals surface area contributed by atoms with E-state index < -0.39 is 5.92 Å². The van der Waals surface area contributed by atoms with Crippen molar-refractivity contribution in [2.75, 3.05) is 7.11 Å². The summed E-state index contributed by atoms with van der Waals surface area (Å²) in [6.45, 7) is 1.85. The second kappa shape index (κ2) is 5.56. The Labute approximate surface area is 127 Å². The van der Waals surface area contributed by atoms with Gasteiger partial charge in [-0.3, -0.25) is 14.6 Å². The van der Waals surface area contributed by atoms with E-state index in [0.29, 0.717) is 6.42 Å². The third-order valence-corrected chi connectivity index (χ3v) is 5.09. The molecule has 1 aliphatic carbocycles. The first kappa shape index (κ1) is 14.2. The molecule has 0 saturated carbocycles. The Balaban J connectivity index is 2.16. The van der Waals surface area contributed by atoms with E-state index in [0.717, 1.165) is 34.7 Å². The minimum atomic E-state index is -0.491. The summed E-state index contributed by atoms with van der Waals surface area (Å²) in [6, 6.07) is 3.93. The van der Waals surface area contributed by atoms with Crippen LogP contribution in [0.25, 0.3) is 0 Å². The summed E-state index contributed by atoms with van der Waals surface area (Å²) >= 11 is 1.57. The normalized spacial score (nSPS) is 25.4. The molecule has 110 valence electrons. The molecule has 1 aromatic rings. The Morgan fingerprint density at radius 3 is 2.90 bits per heavy atom. The summed E-state index contributed by atoms with van der Waals surface area (Å²) in [5.74, 6) is -0.924. The van der Waals surface area contributed by atoms with Gasteiger partial charge in [0.05, 0.1) is 7.11 Å². The van der Waals surface area contributed by atoms with Crippen molar-refractivity contribution in [3.63, 3.8) is 0 Å². The molecule has 0 N–H and O–H groups in total. The molecule has 0 radical (unpaired) electrons. The minimum Gasteiger partial charge on any atom is -0.468 e. The molecule has 4 nitrogen and oxygen atoms in total. The maximum Gasteiger partial charge on any atom is 0.315 e. The molecule has 1 aromatic heterocycles. The molecule has 0 bridgehead atoms. The van der Waals surface area contributed by atoms with Crippen molar-refractivity contribution in [2.45, 2.75) is 32.1 Å². The smallest absolute Gasteiger partial charge is 0.315 e. The number of carbonyl (C=O) groups is 2. The zero-order valence-corrected chi connectivity index (χ0v) is 12.9. The second-order valence-corrected chi connectivity index (χ2v) is 6.36. The average molecular weight is 303 g/mol. The zero-order chi connectivity index (χ0) is 15.0. The van der Waals surface area contributed by atoms with E-state index in [2.05, 4.69) is 4.99 Å². The van der Waals surface area contributed by atoms with Crippen molar-refractivity contribution in [1.29, 1.82) is 0 Å². The molecule has 1 aliphatic heterocycles. The van der Waals surface area contributed by atoms with E-state index in [1.54, 1.807) is 11.3 Å². The zero-order valence-electron chi connectivity index (χ0n) is 12.1. The Morgan fingerprint density at radius 1 is 1.43 bits per heavy atom. The summed E-state index contributed by atoms with van der Waals surface area (Å²) < 4.78 is 4.95. The average Bonchev–Trinajstić information content (AvgIpc) is 2.99. The van der Waals surface area contributed by atoms with Gasteiger partial charge in [0.2, 0.25) is 0 Å². The molecule has 2 heterocycles. The number of methoxy groups -OCH3 is 1. The number of Topliss-reactive ketones (excluding diaryl/α,β-unsaturated/α-hetero) is 1. The lowest BCUT2D eigenvalue weighted by molar-refractivity contribution is -0.143. The van der Waals surface area contributed by atoms with Crippen LogP contribution in [0, 0.1) is 5.92 Å². The van der Waals surface area contributed by atoms with Gasteiger partial charge in [-0.15, -0.1) is 11.3 Å². The van der Waals surface area contributed by atoms with E-state index in [1.807, 2.05) is 24.4 Å². The number of carbonyl (C=O) groups excluding carboxylic acids is 2. The van der Waals surface area contributed by atoms with Gasteiger partial charge >= 0.3 is 5.97 Å². The molecule has 0 aromatic carbocycles. The van der Waals surface area contributed by atoms with Crippen molar-refractivity contribution in [3.8, 4) is 0 Å². The van der Waals surface area contributed by atoms with Crippen LogP contribution < -0.4 is 0 Å². The number of nitrogens with zero attached hydrogens (tertiary/aromatic N) is 1. The number of aliphatic imine (C=N–C) groups is 1. The van der Waals surface area contributed by atoms with Crippen LogP contribution in [-0.2, 0) is 14.3 Å². The van der Waals surface area contributed by atoms with E-state index in [9.17, 15) is 9.59 Å². The summed E-state index contributed by atoms with van der Waals surface area (Å²) in [5, 5.41) is 1.97. The summed E-state index contributed by atoms with van der Waals surface area (Å²) in [6.07, 6.45) is 2.20. The molecule has 3 rings (SSSR count). The summed E-state index contributed by atoms with van der Waals surface area (Å²) in [7, 11) is 1.38. The Morgan fingerprint density at radius 2 is 2.24 bits per heavy atom. The fourth-order valence-electron chi connectivity index (χ4n) is 3.21. The Kier molecular flexibility index (Phi) is 3.76. The highest BCUT2D eigenvalue weighted by atomic mass is 32.1. The van der Waals surface area contributed by atoms with E-state index in [-0.39, 0.29) is 17.7 Å². The number of hydrogen-bond acceptors (Lipinski definition) is 5. The topological polar surface area (TPSA) is 55.7 Å². The summed E-state index contributed by atoms with van der Waals surface area (Å²) in [5.41, 5.74) is 2.33. The first-order valence-corrected chi connectivity index (χ1v) is 7.94. The van der Waals surface area contributed by atoms with Gasteiger partial charge < -0.3 is 4.74 Å². The second-order valence-electron chi connectivity index (χ2n) is 5.38. The molecule has 0 fully saturated rings. The van der Waals surface area contributed by atoms with Crippen LogP contribution >= 0.6 is 11.3 Å². The number of thiophene rings is 1. The molecule has 2 atom stereocenters. The van der Waals surface area contributed by atoms with E-state index in [1.165, 1.54) is 7.11 Å². The van der Waals surface area contributed by atoms with Gasteiger partial charge in [-0.2, -0.15) is 0 Å². The maximum absolute atomic E-state index is 12.4. The highest BCUT2D eigenvalue weighted by Crippen LogP contribution is 2.44. The predicted octanol–water partition coefficient (Wildman–Crippen LogP) is 3.10. The van der Waals surface area contributed by atoms with E-state index in [4.69, 9.17) is 4.74 Å². The standard InChI is InChI=1S/C16H17NO3S/c1-9-13(16(19)20-2)15(12-7-4-8-21-12)14-10(17-9)5-3-6-11(14)18/h4,7-8,13,15H,3,5-6H2,1-2H3/t13?,15-/m0/s1. The molecule has 2 aliphatic rings. The number of allylic oxidation sites excluding steroid dienone is 2. The van der Waals surface area contributed by atoms with Crippen molar-refractivity contribution < 1.29 is 14.3 Å². The van der Waals surface area contributed by atoms with Gasteiger partial charge in [-0.1, -0.05) is 6.07 Å². The molecular weight excluding hydrogens is 286 g/mol. The van der Waals surface area contributed by atoms with Crippen molar-refractivity contribution in [2.24, 2.45) is 10.9 Å². The first-order valence-electron chi connectivity index (χ1n) is 7.06. The maximum atomic E-state index is 12.4. The highest BCUT2D eigenvalue weighted by molar-refractivity contribution is 7.10. The number of ether oxygens (including phenoxy) is 1. The monoisotopic (exact) mass is 303 g/mol. The molecular formula is C16H17NO3S. The molecule has 5 heteroatoms. The van der Waals surface area contributed by atoms with Crippen LogP contribution in [0.1, 0.15) is 37.0 Å². The molecule has 0 amide bonds. The fraction of sp³-hybridized carbons (Fsp3) is 0.438. The Hall–Kier alpha value is -1.75. The fourth-order valence-corrected chi connectivity index (χ4v) is 4.09.